The maximum absolute atomic E-state index is 12.9. The number of carbonyl (C=O) groups is 2. The average molecular weight is 411 g/mol. The number of urea groups is 1. The molecule has 1 unspecified atom stereocenters. The van der Waals surface area contributed by atoms with E-state index < -0.39 is 12.0 Å². The molecular weight excluding hydrogens is 384 g/mol. The second kappa shape index (κ2) is 9.68. The van der Waals surface area contributed by atoms with Gasteiger partial charge in [0.15, 0.2) is 11.5 Å². The number of ether oxygens (including phenoxy) is 3. The molecule has 0 saturated carbocycles. The molecule has 0 fully saturated rings. The Kier molecular flexibility index (Phi) is 7.57. The zero-order valence-corrected chi connectivity index (χ0v) is 17.6. The van der Waals surface area contributed by atoms with Crippen molar-refractivity contribution in [1.82, 2.24) is 10.6 Å². The number of esters is 1. The fourth-order valence-corrected chi connectivity index (χ4v) is 3.34. The predicted octanol–water partition coefficient (Wildman–Crippen LogP) is 4.11. The van der Waals surface area contributed by atoms with Crippen LogP contribution in [0.15, 0.2) is 23.4 Å². The summed E-state index contributed by atoms with van der Waals surface area (Å²) in [5.74, 6) is 0.309. The van der Waals surface area contributed by atoms with Crippen molar-refractivity contribution in [3.05, 3.63) is 34.0 Å². The van der Waals surface area contributed by atoms with Gasteiger partial charge in [-0.1, -0.05) is 24.9 Å². The molecule has 154 valence electrons. The molecule has 0 bridgehead atoms. The largest absolute Gasteiger partial charge is 0.493 e. The Morgan fingerprint density at radius 2 is 1.96 bits per heavy atom. The van der Waals surface area contributed by atoms with E-state index in [1.165, 1.54) is 14.2 Å². The number of methoxy groups -OCH3 is 2. The highest BCUT2D eigenvalue weighted by atomic mass is 35.5. The first kappa shape index (κ1) is 21.9. The molecule has 1 aliphatic heterocycles. The normalized spacial score (nSPS) is 16.5. The number of hydrogen-bond acceptors (Lipinski definition) is 5. The minimum Gasteiger partial charge on any atom is -0.493 e. The van der Waals surface area contributed by atoms with Crippen molar-refractivity contribution < 1.29 is 23.8 Å². The molecule has 1 aromatic rings. The van der Waals surface area contributed by atoms with Crippen LogP contribution in [0, 0.1) is 0 Å². The van der Waals surface area contributed by atoms with Crippen LogP contribution in [0.3, 0.4) is 0 Å². The Balaban J connectivity index is 2.59. The van der Waals surface area contributed by atoms with Gasteiger partial charge in [-0.05, 0) is 44.4 Å². The molecule has 1 aromatic carbocycles. The van der Waals surface area contributed by atoms with Gasteiger partial charge in [-0.25, -0.2) is 9.59 Å². The van der Waals surface area contributed by atoms with E-state index in [0.717, 1.165) is 12.8 Å². The molecule has 2 rings (SSSR count). The SMILES string of the molecule is CCCCC1=C(C(=O)OC(C)C)C(c2cc(Cl)c(OC)c(OC)c2)NC(=O)N1. The van der Waals surface area contributed by atoms with Crippen molar-refractivity contribution in [2.45, 2.75) is 52.2 Å². The van der Waals surface area contributed by atoms with Gasteiger partial charge in [0.2, 0.25) is 0 Å². The highest BCUT2D eigenvalue weighted by molar-refractivity contribution is 6.32. The highest BCUT2D eigenvalue weighted by Crippen LogP contribution is 2.40. The number of halogens is 1. The highest BCUT2D eigenvalue weighted by Gasteiger charge is 2.34. The smallest absolute Gasteiger partial charge is 0.338 e. The van der Waals surface area contributed by atoms with Crippen LogP contribution in [0.25, 0.3) is 0 Å². The quantitative estimate of drug-likeness (QED) is 0.630. The Morgan fingerprint density at radius 3 is 2.54 bits per heavy atom. The molecule has 7 nitrogen and oxygen atoms in total. The molecular formula is C20H27ClN2O5. The number of hydrogen-bond donors (Lipinski definition) is 2. The summed E-state index contributed by atoms with van der Waals surface area (Å²) >= 11 is 6.34. The van der Waals surface area contributed by atoms with Gasteiger partial charge in [0.1, 0.15) is 0 Å². The predicted molar refractivity (Wildman–Crippen MR) is 107 cm³/mol. The third-order valence-electron chi connectivity index (χ3n) is 4.29. The number of amides is 2. The number of unbranched alkanes of at least 4 members (excludes halogenated alkanes) is 1. The van der Waals surface area contributed by atoms with Gasteiger partial charge < -0.3 is 24.8 Å². The van der Waals surface area contributed by atoms with E-state index in [2.05, 4.69) is 10.6 Å². The van der Waals surface area contributed by atoms with Crippen molar-refractivity contribution in [2.75, 3.05) is 14.2 Å². The standard InChI is InChI=1S/C20H27ClN2O5/c1-6-7-8-14-16(19(24)28-11(2)3)17(23-20(25)22-14)12-9-13(21)18(27-5)15(10-12)26-4/h9-11,17H,6-8H2,1-5H3,(H2,22,23,25). The fourth-order valence-electron chi connectivity index (χ4n) is 3.04. The van der Waals surface area contributed by atoms with Crippen LogP contribution >= 0.6 is 11.6 Å². The van der Waals surface area contributed by atoms with Crippen LogP contribution in [0.4, 0.5) is 4.79 Å². The van der Waals surface area contributed by atoms with Gasteiger partial charge in [0.25, 0.3) is 0 Å². The number of carbonyl (C=O) groups excluding carboxylic acids is 2. The van der Waals surface area contributed by atoms with Crippen molar-refractivity contribution in [1.29, 1.82) is 0 Å². The molecule has 0 saturated heterocycles. The lowest BCUT2D eigenvalue weighted by atomic mass is 9.93. The molecule has 0 aliphatic carbocycles. The van der Waals surface area contributed by atoms with Crippen molar-refractivity contribution >= 4 is 23.6 Å². The summed E-state index contributed by atoms with van der Waals surface area (Å²) in [6, 6.07) is 2.24. The van der Waals surface area contributed by atoms with E-state index in [4.69, 9.17) is 25.8 Å². The zero-order valence-electron chi connectivity index (χ0n) is 16.8. The number of nitrogens with one attached hydrogen (secondary N) is 2. The second-order valence-corrected chi connectivity index (χ2v) is 7.13. The molecule has 0 radical (unpaired) electrons. The summed E-state index contributed by atoms with van der Waals surface area (Å²) in [4.78, 5) is 25.2. The Labute approximate surface area is 170 Å². The van der Waals surface area contributed by atoms with Gasteiger partial charge in [-0.15, -0.1) is 0 Å². The van der Waals surface area contributed by atoms with Gasteiger partial charge in [0.05, 0.1) is 37.0 Å². The van der Waals surface area contributed by atoms with Crippen LogP contribution in [-0.2, 0) is 9.53 Å². The monoisotopic (exact) mass is 410 g/mol. The van der Waals surface area contributed by atoms with E-state index in [1.54, 1.807) is 26.0 Å². The summed E-state index contributed by atoms with van der Waals surface area (Å²) in [5.41, 5.74) is 1.53. The molecule has 28 heavy (non-hydrogen) atoms. The van der Waals surface area contributed by atoms with Gasteiger partial charge in [-0.2, -0.15) is 0 Å². The molecule has 2 N–H and O–H groups in total. The maximum Gasteiger partial charge on any atom is 0.338 e. The van der Waals surface area contributed by atoms with E-state index in [1.807, 2.05) is 6.92 Å². The van der Waals surface area contributed by atoms with Crippen LogP contribution in [0.5, 0.6) is 11.5 Å². The number of benzene rings is 1. The molecule has 8 heteroatoms. The maximum atomic E-state index is 12.9. The zero-order chi connectivity index (χ0) is 20.8. The van der Waals surface area contributed by atoms with Gasteiger partial charge in [0, 0.05) is 5.70 Å². The lowest BCUT2D eigenvalue weighted by Gasteiger charge is -2.30. The third-order valence-corrected chi connectivity index (χ3v) is 4.57. The number of rotatable bonds is 8. The van der Waals surface area contributed by atoms with E-state index in [0.29, 0.717) is 39.8 Å². The minimum atomic E-state index is -0.718. The fraction of sp³-hybridized carbons (Fsp3) is 0.500. The minimum absolute atomic E-state index is 0.292. The van der Waals surface area contributed by atoms with Crippen molar-refractivity contribution in [3.8, 4) is 11.5 Å². The summed E-state index contributed by atoms with van der Waals surface area (Å²) < 4.78 is 16.1. The van der Waals surface area contributed by atoms with Crippen LogP contribution < -0.4 is 20.1 Å². The van der Waals surface area contributed by atoms with Crippen LogP contribution in [0.2, 0.25) is 5.02 Å². The Hall–Kier alpha value is -2.41. The third kappa shape index (κ3) is 4.90. The summed E-state index contributed by atoms with van der Waals surface area (Å²) in [6.45, 7) is 5.60. The topological polar surface area (TPSA) is 85.9 Å². The molecule has 0 aromatic heterocycles. The van der Waals surface area contributed by atoms with Crippen LogP contribution in [-0.4, -0.2) is 32.3 Å². The lowest BCUT2D eigenvalue weighted by molar-refractivity contribution is -0.143. The van der Waals surface area contributed by atoms with E-state index in [9.17, 15) is 9.59 Å². The molecule has 1 atom stereocenters. The summed E-state index contributed by atoms with van der Waals surface area (Å²) in [5, 5.41) is 5.87. The average Bonchev–Trinajstić information content (AvgIpc) is 2.64. The summed E-state index contributed by atoms with van der Waals surface area (Å²) in [6.07, 6.45) is 2.02. The Bertz CT molecular complexity index is 776. The molecule has 0 spiro atoms. The molecule has 2 amide bonds. The van der Waals surface area contributed by atoms with Crippen LogP contribution in [0.1, 0.15) is 51.6 Å². The van der Waals surface area contributed by atoms with E-state index >= 15 is 0 Å². The summed E-state index contributed by atoms with van der Waals surface area (Å²) in [7, 11) is 2.99. The first-order chi connectivity index (χ1) is 13.3. The first-order valence-corrected chi connectivity index (χ1v) is 9.63. The van der Waals surface area contributed by atoms with E-state index in [-0.39, 0.29) is 12.1 Å². The number of allylic oxidation sites excluding steroid dienone is 1. The first-order valence-electron chi connectivity index (χ1n) is 9.25. The van der Waals surface area contributed by atoms with Crippen molar-refractivity contribution in [2.24, 2.45) is 0 Å². The Morgan fingerprint density at radius 1 is 1.25 bits per heavy atom. The van der Waals surface area contributed by atoms with Gasteiger partial charge >= 0.3 is 12.0 Å². The lowest BCUT2D eigenvalue weighted by Crippen LogP contribution is -2.46. The molecule has 1 heterocycles. The van der Waals surface area contributed by atoms with Crippen molar-refractivity contribution in [3.63, 3.8) is 0 Å². The second-order valence-electron chi connectivity index (χ2n) is 6.72. The molecule has 1 aliphatic rings. The van der Waals surface area contributed by atoms with Gasteiger partial charge in [-0.3, -0.25) is 0 Å².